The number of carbonyl (C=O) groups excluding carboxylic acids is 1. The molecular weight excluding hydrogens is 234 g/mol. The Morgan fingerprint density at radius 1 is 1.56 bits per heavy atom. The fraction of sp³-hybridized carbons (Fsp3) is 0.0833. The summed E-state index contributed by atoms with van der Waals surface area (Å²) in [5.74, 6) is 0.121. The highest BCUT2D eigenvalue weighted by molar-refractivity contribution is 5.70. The van der Waals surface area contributed by atoms with Gasteiger partial charge in [0.05, 0.1) is 0 Å². The first-order chi connectivity index (χ1) is 8.60. The molecule has 18 heavy (non-hydrogen) atoms. The van der Waals surface area contributed by atoms with Crippen LogP contribution >= 0.6 is 0 Å². The van der Waals surface area contributed by atoms with Gasteiger partial charge in [-0.3, -0.25) is 4.79 Å². The predicted molar refractivity (Wildman–Crippen MR) is 62.4 cm³/mol. The van der Waals surface area contributed by atoms with Crippen molar-refractivity contribution in [3.63, 3.8) is 0 Å². The summed E-state index contributed by atoms with van der Waals surface area (Å²) in [5, 5.41) is 8.73. The van der Waals surface area contributed by atoms with Crippen LogP contribution in [0.15, 0.2) is 28.7 Å². The van der Waals surface area contributed by atoms with Crippen LogP contribution in [0.2, 0.25) is 0 Å². The zero-order chi connectivity index (χ0) is 13.1. The highest BCUT2D eigenvalue weighted by atomic mass is 16.5. The normalized spacial score (nSPS) is 9.78. The van der Waals surface area contributed by atoms with Gasteiger partial charge >= 0.3 is 5.97 Å². The first-order valence-corrected chi connectivity index (χ1v) is 5.05. The lowest BCUT2D eigenvalue weighted by Gasteiger charge is -2.01. The Morgan fingerprint density at radius 3 is 2.94 bits per heavy atom. The summed E-state index contributed by atoms with van der Waals surface area (Å²) in [6.45, 7) is 1.31. The van der Waals surface area contributed by atoms with Gasteiger partial charge < -0.3 is 14.9 Å². The zero-order valence-electron chi connectivity index (χ0n) is 9.51. The molecule has 0 bridgehead atoms. The molecule has 2 N–H and O–H groups in total. The van der Waals surface area contributed by atoms with Crippen molar-refractivity contribution in [1.29, 1.82) is 5.26 Å². The van der Waals surface area contributed by atoms with E-state index in [0.717, 1.165) is 0 Å². The minimum Gasteiger partial charge on any atom is -0.427 e. The number of nitrogen functional groups attached to an aromatic ring is 1. The van der Waals surface area contributed by atoms with Gasteiger partial charge in [-0.15, -0.1) is 0 Å². The van der Waals surface area contributed by atoms with E-state index in [-0.39, 0.29) is 17.5 Å². The molecule has 0 radical (unpaired) electrons. The number of hydrogen-bond donors (Lipinski definition) is 1. The lowest BCUT2D eigenvalue weighted by molar-refractivity contribution is -0.131. The predicted octanol–water partition coefficient (Wildman–Crippen LogP) is 1.72. The van der Waals surface area contributed by atoms with Crippen molar-refractivity contribution in [2.45, 2.75) is 6.92 Å². The van der Waals surface area contributed by atoms with E-state index >= 15 is 0 Å². The summed E-state index contributed by atoms with van der Waals surface area (Å²) in [6.07, 6.45) is 0. The quantitative estimate of drug-likeness (QED) is 0.636. The molecule has 6 heteroatoms. The molecule has 1 aromatic carbocycles. The van der Waals surface area contributed by atoms with Crippen molar-refractivity contribution in [1.82, 2.24) is 4.98 Å². The molecule has 0 amide bonds. The number of nitrogens with zero attached hydrogens (tertiary/aromatic N) is 2. The number of benzene rings is 1. The monoisotopic (exact) mass is 243 g/mol. The number of aromatic nitrogens is 1. The Labute approximate surface area is 103 Å². The summed E-state index contributed by atoms with van der Waals surface area (Å²) in [5.41, 5.74) is 6.07. The van der Waals surface area contributed by atoms with Gasteiger partial charge in [0, 0.05) is 12.5 Å². The Morgan fingerprint density at radius 2 is 2.33 bits per heavy atom. The molecule has 0 fully saturated rings. The van der Waals surface area contributed by atoms with E-state index in [1.54, 1.807) is 24.3 Å². The molecule has 2 rings (SSSR count). The molecule has 0 atom stereocenters. The minimum absolute atomic E-state index is 0.0305. The Balaban J connectivity index is 2.38. The molecule has 1 aromatic heterocycles. The van der Waals surface area contributed by atoms with Crippen LogP contribution < -0.4 is 10.5 Å². The maximum absolute atomic E-state index is 10.8. The van der Waals surface area contributed by atoms with E-state index in [1.807, 2.05) is 6.07 Å². The summed E-state index contributed by atoms with van der Waals surface area (Å²) < 4.78 is 10.1. The third kappa shape index (κ3) is 2.30. The van der Waals surface area contributed by atoms with Crippen LogP contribution in [0.1, 0.15) is 12.6 Å². The summed E-state index contributed by atoms with van der Waals surface area (Å²) in [4.78, 5) is 14.8. The molecule has 6 nitrogen and oxygen atoms in total. The van der Waals surface area contributed by atoms with E-state index in [4.69, 9.17) is 20.1 Å². The molecule has 0 saturated carbocycles. The van der Waals surface area contributed by atoms with Crippen LogP contribution in [0.3, 0.4) is 0 Å². The van der Waals surface area contributed by atoms with Crippen molar-refractivity contribution in [3.05, 3.63) is 30.0 Å². The average Bonchev–Trinajstić information content (AvgIpc) is 2.70. The van der Waals surface area contributed by atoms with Crippen molar-refractivity contribution >= 4 is 11.9 Å². The molecule has 0 unspecified atom stereocenters. The Kier molecular flexibility index (Phi) is 2.98. The van der Waals surface area contributed by atoms with Crippen molar-refractivity contribution in [3.8, 4) is 23.3 Å². The zero-order valence-corrected chi connectivity index (χ0v) is 9.51. The minimum atomic E-state index is -0.420. The summed E-state index contributed by atoms with van der Waals surface area (Å²) in [7, 11) is 0. The van der Waals surface area contributed by atoms with E-state index in [1.165, 1.54) is 6.92 Å². The standard InChI is InChI=1S/C12H9N3O3/c1-7(16)17-9-4-2-3-8(5-9)12-15-10(6-13)11(14)18-12/h2-5H,14H2,1H3. The van der Waals surface area contributed by atoms with E-state index in [2.05, 4.69) is 4.98 Å². The highest BCUT2D eigenvalue weighted by Gasteiger charge is 2.12. The summed E-state index contributed by atoms with van der Waals surface area (Å²) in [6, 6.07) is 8.41. The number of oxazole rings is 1. The van der Waals surface area contributed by atoms with Gasteiger partial charge in [-0.05, 0) is 18.2 Å². The van der Waals surface area contributed by atoms with Gasteiger partial charge in [0.1, 0.15) is 11.8 Å². The van der Waals surface area contributed by atoms with Crippen molar-refractivity contribution < 1.29 is 13.9 Å². The number of carbonyl (C=O) groups is 1. The second-order valence-electron chi connectivity index (χ2n) is 3.47. The highest BCUT2D eigenvalue weighted by Crippen LogP contribution is 2.26. The van der Waals surface area contributed by atoms with Crippen molar-refractivity contribution in [2.75, 3.05) is 5.73 Å². The smallest absolute Gasteiger partial charge is 0.308 e. The molecular formula is C12H9N3O3. The SMILES string of the molecule is CC(=O)Oc1cccc(-c2nc(C#N)c(N)o2)c1. The van der Waals surface area contributed by atoms with E-state index in [0.29, 0.717) is 11.3 Å². The lowest BCUT2D eigenvalue weighted by Crippen LogP contribution is -2.01. The van der Waals surface area contributed by atoms with Gasteiger partial charge in [0.2, 0.25) is 17.5 Å². The number of hydrogen-bond acceptors (Lipinski definition) is 6. The van der Waals surface area contributed by atoms with Crippen LogP contribution in [0, 0.1) is 11.3 Å². The van der Waals surface area contributed by atoms with Crippen LogP contribution in [-0.4, -0.2) is 11.0 Å². The molecule has 0 aliphatic carbocycles. The first-order valence-electron chi connectivity index (χ1n) is 5.05. The van der Waals surface area contributed by atoms with Crippen molar-refractivity contribution in [2.24, 2.45) is 0 Å². The van der Waals surface area contributed by atoms with Gasteiger partial charge in [0.25, 0.3) is 0 Å². The molecule has 90 valence electrons. The van der Waals surface area contributed by atoms with E-state index in [9.17, 15) is 4.79 Å². The number of rotatable bonds is 2. The molecule has 0 aliphatic heterocycles. The second-order valence-corrected chi connectivity index (χ2v) is 3.47. The number of esters is 1. The Bertz CT molecular complexity index is 640. The number of nitrogens with two attached hydrogens (primary N) is 1. The van der Waals surface area contributed by atoms with E-state index < -0.39 is 5.97 Å². The molecule has 0 aliphatic rings. The molecule has 0 saturated heterocycles. The molecule has 2 aromatic rings. The third-order valence-electron chi connectivity index (χ3n) is 2.10. The lowest BCUT2D eigenvalue weighted by atomic mass is 10.2. The van der Waals surface area contributed by atoms with Gasteiger partial charge in [-0.25, -0.2) is 0 Å². The van der Waals surface area contributed by atoms with Crippen LogP contribution in [0.4, 0.5) is 5.88 Å². The Hall–Kier alpha value is -2.81. The van der Waals surface area contributed by atoms with Crippen LogP contribution in [0.25, 0.3) is 11.5 Å². The fourth-order valence-electron chi connectivity index (χ4n) is 1.39. The van der Waals surface area contributed by atoms with Gasteiger partial charge in [-0.1, -0.05) is 6.07 Å². The maximum Gasteiger partial charge on any atom is 0.308 e. The van der Waals surface area contributed by atoms with Gasteiger partial charge in [-0.2, -0.15) is 10.2 Å². The fourth-order valence-corrected chi connectivity index (χ4v) is 1.39. The topological polar surface area (TPSA) is 102 Å². The molecule has 0 spiro atoms. The summed E-state index contributed by atoms with van der Waals surface area (Å²) >= 11 is 0. The number of ether oxygens (including phenoxy) is 1. The number of nitriles is 1. The van der Waals surface area contributed by atoms with Crippen LogP contribution in [0.5, 0.6) is 5.75 Å². The maximum atomic E-state index is 10.8. The third-order valence-corrected chi connectivity index (χ3v) is 2.10. The largest absolute Gasteiger partial charge is 0.427 e. The average molecular weight is 243 g/mol. The number of anilines is 1. The molecule has 1 heterocycles. The van der Waals surface area contributed by atoms with Crippen LogP contribution in [-0.2, 0) is 4.79 Å². The first kappa shape index (κ1) is 11.7. The second kappa shape index (κ2) is 4.59. The van der Waals surface area contributed by atoms with Gasteiger partial charge in [0.15, 0.2) is 0 Å².